The maximum absolute atomic E-state index is 11.6. The van der Waals surface area contributed by atoms with Gasteiger partial charge >= 0.3 is 0 Å². The molecule has 0 aliphatic carbocycles. The molecule has 1 unspecified atom stereocenters. The number of carbonyl (C=O) groups excluding carboxylic acids is 1. The van der Waals surface area contributed by atoms with Crippen LogP contribution in [0.2, 0.25) is 0 Å². The van der Waals surface area contributed by atoms with Gasteiger partial charge in [0.2, 0.25) is 0 Å². The van der Waals surface area contributed by atoms with Crippen molar-refractivity contribution < 1.29 is 27.2 Å². The molecular formula is C26H37BrN2NbO-4. The van der Waals surface area contributed by atoms with Crippen LogP contribution in [0, 0.1) is 35.1 Å². The van der Waals surface area contributed by atoms with Gasteiger partial charge in [0.15, 0.2) is 0 Å². The Kier molecular flexibility index (Phi) is 20.2. The Morgan fingerprint density at radius 2 is 1.71 bits per heavy atom. The first-order chi connectivity index (χ1) is 13.7. The van der Waals surface area contributed by atoms with E-state index in [9.17, 15) is 4.79 Å². The smallest absolute Gasteiger partial charge is 0.253 e. The van der Waals surface area contributed by atoms with Gasteiger partial charge in [0, 0.05) is 58.4 Å². The fraction of sp³-hybridized carbons (Fsp3) is 0.308. The number of allylic oxidation sites excluding steroid dienone is 1. The minimum absolute atomic E-state index is 0. The van der Waals surface area contributed by atoms with Crippen molar-refractivity contribution in [1.29, 1.82) is 0 Å². The molecule has 31 heavy (non-hydrogen) atoms. The van der Waals surface area contributed by atoms with Crippen molar-refractivity contribution in [2.24, 2.45) is 0 Å². The number of nitrogens with zero attached hydrogens (tertiary/aromatic N) is 2. The van der Waals surface area contributed by atoms with Crippen LogP contribution in [-0.4, -0.2) is 29.9 Å². The molecule has 0 bridgehead atoms. The van der Waals surface area contributed by atoms with Crippen LogP contribution in [0.4, 0.5) is 0 Å². The van der Waals surface area contributed by atoms with E-state index in [0.717, 1.165) is 33.3 Å². The van der Waals surface area contributed by atoms with Crippen LogP contribution < -0.4 is 0 Å². The number of benzene rings is 1. The van der Waals surface area contributed by atoms with Gasteiger partial charge in [-0.15, -0.1) is 0 Å². The van der Waals surface area contributed by atoms with Crippen LogP contribution in [-0.2, 0) is 22.4 Å². The average Bonchev–Trinajstić information content (AvgIpc) is 2.71. The number of pyridine rings is 1. The summed E-state index contributed by atoms with van der Waals surface area (Å²) < 4.78 is 1.07. The van der Waals surface area contributed by atoms with Gasteiger partial charge in [0.25, 0.3) is 5.91 Å². The zero-order chi connectivity index (χ0) is 22.6. The van der Waals surface area contributed by atoms with E-state index in [0.29, 0.717) is 5.56 Å². The van der Waals surface area contributed by atoms with Gasteiger partial charge in [0.05, 0.1) is 0 Å². The van der Waals surface area contributed by atoms with E-state index in [1.807, 2.05) is 64.1 Å². The molecule has 3 nitrogen and oxygen atoms in total. The number of halogens is 1. The average molecular weight is 566 g/mol. The van der Waals surface area contributed by atoms with Gasteiger partial charge in [-0.3, -0.25) is 9.78 Å². The molecule has 2 rings (SSSR count). The van der Waals surface area contributed by atoms with Crippen molar-refractivity contribution in [2.45, 2.75) is 40.0 Å². The number of aromatic nitrogens is 1. The summed E-state index contributed by atoms with van der Waals surface area (Å²) in [5.74, 6) is 0.227. The van der Waals surface area contributed by atoms with Crippen molar-refractivity contribution in [3.63, 3.8) is 0 Å². The van der Waals surface area contributed by atoms with Crippen molar-refractivity contribution in [3.8, 4) is 0 Å². The first-order valence-corrected chi connectivity index (χ1v) is 10.5. The normalized spacial score (nSPS) is 10.7. The van der Waals surface area contributed by atoms with E-state index in [4.69, 9.17) is 0 Å². The molecule has 0 aliphatic rings. The molecule has 1 heterocycles. The molecule has 173 valence electrons. The summed E-state index contributed by atoms with van der Waals surface area (Å²) in [6, 6.07) is 9.50. The number of aryl methyl sites for hydroxylation is 1. The molecule has 5 heteroatoms. The fourth-order valence-electron chi connectivity index (χ4n) is 2.29. The summed E-state index contributed by atoms with van der Waals surface area (Å²) in [5, 5.41) is 0. The summed E-state index contributed by atoms with van der Waals surface area (Å²) in [4.78, 5) is 17.4. The number of hydrogen-bond donors (Lipinski definition) is 0. The van der Waals surface area contributed by atoms with Crippen LogP contribution in [0.25, 0.3) is 6.08 Å². The van der Waals surface area contributed by atoms with Gasteiger partial charge in [-0.05, 0) is 25.1 Å². The molecule has 2 aromatic rings. The van der Waals surface area contributed by atoms with Crippen LogP contribution >= 0.6 is 15.9 Å². The summed E-state index contributed by atoms with van der Waals surface area (Å²) in [7, 11) is 3.49. The van der Waals surface area contributed by atoms with Crippen LogP contribution in [0.1, 0.15) is 60.3 Å². The van der Waals surface area contributed by atoms with Crippen LogP contribution in [0.5, 0.6) is 0 Å². The first-order valence-electron chi connectivity index (χ1n) is 9.72. The first kappa shape index (κ1) is 34.3. The number of carbonyl (C=O) groups is 1. The third-order valence-electron chi connectivity index (χ3n) is 3.91. The van der Waals surface area contributed by atoms with Gasteiger partial charge < -0.3 is 26.2 Å². The van der Waals surface area contributed by atoms with Crippen LogP contribution in [0.15, 0.2) is 46.6 Å². The Labute approximate surface area is 215 Å². The SMILES string of the molecule is CC.[CH2-]/C(C)=C/c1c(Br)ccnc1C.[CH2-]CC([CH2-])c1ccc(C(=O)N(C)C)cc1.[CH3-].[Nb]. The van der Waals surface area contributed by atoms with Gasteiger partial charge in [-0.2, -0.15) is 12.0 Å². The van der Waals surface area contributed by atoms with E-state index in [-0.39, 0.29) is 41.6 Å². The van der Waals surface area contributed by atoms with E-state index >= 15 is 0 Å². The molecular weight excluding hydrogens is 529 g/mol. The zero-order valence-electron chi connectivity index (χ0n) is 20.1. The van der Waals surface area contributed by atoms with Crippen molar-refractivity contribution in [3.05, 3.63) is 97.2 Å². The Morgan fingerprint density at radius 1 is 1.19 bits per heavy atom. The Hall–Kier alpha value is -1.33. The molecule has 1 atom stereocenters. The van der Waals surface area contributed by atoms with Gasteiger partial charge in [-0.25, -0.2) is 18.9 Å². The van der Waals surface area contributed by atoms with E-state index in [1.165, 1.54) is 0 Å². The Balaban J connectivity index is -0.000000449. The second-order valence-corrected chi connectivity index (χ2v) is 7.44. The molecule has 0 aliphatic heterocycles. The predicted octanol–water partition coefficient (Wildman–Crippen LogP) is 7.39. The number of hydrogen-bond acceptors (Lipinski definition) is 2. The molecule has 1 radical (unpaired) electrons. The summed E-state index contributed by atoms with van der Waals surface area (Å²) in [5.41, 5.74) is 5.00. The number of rotatable bonds is 4. The molecule has 0 N–H and O–H groups in total. The largest absolute Gasteiger partial charge is 0.358 e. The standard InChI is InChI=1S/C13H17NO.C10H11BrN.C2H6.CH3.Nb/c1-5-10(2)11-6-8-12(9-7-11)13(15)14(3)4;1-7(2)6-9-8(3)12-5-4-10(9)11;1-2;;/h6-10H,1-2,5H2,3-4H3;4-6H,1H2,2-3H3;1-2H3;1H3;/q-2;-1;;-1;/b;7-6-;;;. The third kappa shape index (κ3) is 12.3. The molecule has 1 aromatic carbocycles. The monoisotopic (exact) mass is 565 g/mol. The molecule has 0 fully saturated rings. The maximum atomic E-state index is 11.6. The van der Waals surface area contributed by atoms with Gasteiger partial charge in [-0.1, -0.05) is 60.0 Å². The zero-order valence-corrected chi connectivity index (χ0v) is 23.9. The summed E-state index contributed by atoms with van der Waals surface area (Å²) in [6.07, 6.45) is 4.57. The third-order valence-corrected chi connectivity index (χ3v) is 4.60. The molecule has 1 aromatic heterocycles. The minimum Gasteiger partial charge on any atom is -0.358 e. The van der Waals surface area contributed by atoms with Crippen molar-refractivity contribution >= 4 is 27.9 Å². The molecule has 0 saturated carbocycles. The molecule has 0 spiro atoms. The van der Waals surface area contributed by atoms with Crippen molar-refractivity contribution in [2.75, 3.05) is 14.1 Å². The predicted molar refractivity (Wildman–Crippen MR) is 136 cm³/mol. The van der Waals surface area contributed by atoms with Crippen LogP contribution in [0.3, 0.4) is 0 Å². The topological polar surface area (TPSA) is 33.2 Å². The molecule has 1 amide bonds. The summed E-state index contributed by atoms with van der Waals surface area (Å²) in [6.45, 7) is 19.6. The second kappa shape index (κ2) is 18.3. The fourth-order valence-corrected chi connectivity index (χ4v) is 2.81. The second-order valence-electron chi connectivity index (χ2n) is 6.59. The number of amides is 1. The quantitative estimate of drug-likeness (QED) is 0.286. The maximum Gasteiger partial charge on any atom is 0.253 e. The van der Waals surface area contributed by atoms with Gasteiger partial charge in [0.1, 0.15) is 0 Å². The minimum atomic E-state index is 0. The summed E-state index contributed by atoms with van der Waals surface area (Å²) >= 11 is 3.46. The van der Waals surface area contributed by atoms with E-state index < -0.39 is 0 Å². The Morgan fingerprint density at radius 3 is 2.10 bits per heavy atom. The van der Waals surface area contributed by atoms with Crippen molar-refractivity contribution in [1.82, 2.24) is 9.88 Å². The Bertz CT molecular complexity index is 762. The van der Waals surface area contributed by atoms with E-state index in [2.05, 4.69) is 41.7 Å². The molecule has 0 saturated heterocycles. The van der Waals surface area contributed by atoms with E-state index in [1.54, 1.807) is 25.2 Å².